The van der Waals surface area contributed by atoms with Gasteiger partial charge in [0.1, 0.15) is 0 Å². The molecule has 0 saturated heterocycles. The summed E-state index contributed by atoms with van der Waals surface area (Å²) in [6.45, 7) is 7.00. The van der Waals surface area contributed by atoms with Crippen LogP contribution in [0.3, 0.4) is 0 Å². The molecule has 0 atom stereocenters. The molecule has 0 unspecified atom stereocenters. The first kappa shape index (κ1) is 8.86. The van der Waals surface area contributed by atoms with Crippen molar-refractivity contribution in [3.05, 3.63) is 30.3 Å². The fraction of sp³-hybridized carbons (Fsp3) is 0.400. The maximum atomic E-state index is 2.33. The summed E-state index contributed by atoms with van der Waals surface area (Å²) < 4.78 is 2.15. The van der Waals surface area contributed by atoms with Crippen molar-refractivity contribution in [3.8, 4) is 0 Å². The average molecular weight is 208 g/mol. The van der Waals surface area contributed by atoms with Gasteiger partial charge in [0.15, 0.2) is 0 Å². The normalized spacial score (nSPS) is 11.5. The van der Waals surface area contributed by atoms with Crippen LogP contribution in [0, 0.1) is 0 Å². The van der Waals surface area contributed by atoms with Crippen LogP contribution in [0.1, 0.15) is 20.8 Å². The first-order valence-corrected chi connectivity index (χ1v) is 6.41. The van der Waals surface area contributed by atoms with E-state index in [0.29, 0.717) is 4.25 Å². The van der Waals surface area contributed by atoms with Gasteiger partial charge in [0.2, 0.25) is 0 Å². The van der Waals surface area contributed by atoms with E-state index in [4.69, 9.17) is 0 Å². The van der Waals surface area contributed by atoms with Crippen LogP contribution in [0.4, 0.5) is 0 Å². The van der Waals surface area contributed by atoms with Crippen molar-refractivity contribution >= 4 is 19.8 Å². The van der Waals surface area contributed by atoms with E-state index in [-0.39, 0.29) is 15.4 Å². The molecule has 0 N–H and O–H groups in total. The van der Waals surface area contributed by atoms with Crippen LogP contribution in [0.2, 0.25) is 4.25 Å². The van der Waals surface area contributed by atoms with Crippen LogP contribution in [0.15, 0.2) is 30.3 Å². The van der Waals surface area contributed by atoms with Crippen molar-refractivity contribution in [2.24, 2.45) is 0 Å². The van der Waals surface area contributed by atoms with Crippen molar-refractivity contribution in [3.63, 3.8) is 0 Å². The van der Waals surface area contributed by atoms with Gasteiger partial charge in [0.25, 0.3) is 0 Å². The Bertz CT molecular complexity index is 208. The molecular formula is C10H15Ge. The second-order valence-electron chi connectivity index (χ2n) is 3.92. The van der Waals surface area contributed by atoms with Gasteiger partial charge < -0.3 is 0 Å². The molecule has 0 saturated carbocycles. The summed E-state index contributed by atoms with van der Waals surface area (Å²) in [5.41, 5.74) is 0. The Morgan fingerprint density at radius 1 is 1.00 bits per heavy atom. The Kier molecular flexibility index (Phi) is 2.77. The van der Waals surface area contributed by atoms with Gasteiger partial charge in [-0.1, -0.05) is 0 Å². The molecule has 0 spiro atoms. The Hall–Kier alpha value is -0.237. The quantitative estimate of drug-likeness (QED) is 0.618. The summed E-state index contributed by atoms with van der Waals surface area (Å²) >= 11 is -0.227. The molecule has 0 aliphatic rings. The molecule has 1 aromatic carbocycles. The van der Waals surface area contributed by atoms with Gasteiger partial charge in [-0.25, -0.2) is 0 Å². The molecule has 0 aromatic heterocycles. The molecule has 0 bridgehead atoms. The predicted molar refractivity (Wildman–Crippen MR) is 52.9 cm³/mol. The van der Waals surface area contributed by atoms with E-state index in [1.807, 2.05) is 0 Å². The van der Waals surface area contributed by atoms with E-state index in [9.17, 15) is 0 Å². The molecule has 1 aromatic rings. The third-order valence-electron chi connectivity index (χ3n) is 1.40. The van der Waals surface area contributed by atoms with Gasteiger partial charge in [-0.2, -0.15) is 0 Å². The fourth-order valence-corrected chi connectivity index (χ4v) is 4.02. The van der Waals surface area contributed by atoms with Crippen LogP contribution in [0.5, 0.6) is 0 Å². The topological polar surface area (TPSA) is 0 Å². The standard InChI is InChI=1S/C10H15Ge/c1-10(2,3)11-9-7-5-4-6-8-9/h4-8,11H,1-3H3. The van der Waals surface area contributed by atoms with E-state index < -0.39 is 0 Å². The summed E-state index contributed by atoms with van der Waals surface area (Å²) in [6.07, 6.45) is 0. The van der Waals surface area contributed by atoms with E-state index >= 15 is 0 Å². The number of benzene rings is 1. The molecule has 1 rings (SSSR count). The summed E-state index contributed by atoms with van der Waals surface area (Å²) in [5, 5.41) is 0. The first-order valence-electron chi connectivity index (χ1n) is 3.99. The first-order chi connectivity index (χ1) is 5.08. The summed E-state index contributed by atoms with van der Waals surface area (Å²) in [5.74, 6) is 0. The summed E-state index contributed by atoms with van der Waals surface area (Å²) in [6, 6.07) is 10.9. The van der Waals surface area contributed by atoms with E-state index in [1.165, 1.54) is 0 Å². The van der Waals surface area contributed by atoms with Crippen LogP contribution in [-0.4, -0.2) is 15.4 Å². The number of hydrogen-bond donors (Lipinski definition) is 0. The Morgan fingerprint density at radius 2 is 1.55 bits per heavy atom. The van der Waals surface area contributed by atoms with Crippen LogP contribution in [-0.2, 0) is 0 Å². The van der Waals surface area contributed by atoms with Crippen molar-refractivity contribution in [1.82, 2.24) is 0 Å². The Balaban J connectivity index is 2.66. The van der Waals surface area contributed by atoms with Crippen LogP contribution in [0.25, 0.3) is 0 Å². The Morgan fingerprint density at radius 3 is 2.00 bits per heavy atom. The second kappa shape index (κ2) is 3.44. The summed E-state index contributed by atoms with van der Waals surface area (Å²) in [4.78, 5) is 0. The van der Waals surface area contributed by atoms with Crippen LogP contribution >= 0.6 is 0 Å². The molecule has 0 amide bonds. The van der Waals surface area contributed by atoms with Gasteiger partial charge in [0.05, 0.1) is 0 Å². The fourth-order valence-electron chi connectivity index (χ4n) is 1.05. The van der Waals surface area contributed by atoms with E-state index in [0.717, 1.165) is 0 Å². The average Bonchev–Trinajstić information content (AvgIpc) is 1.85. The molecule has 59 valence electrons. The van der Waals surface area contributed by atoms with E-state index in [2.05, 4.69) is 51.1 Å². The third-order valence-corrected chi connectivity index (χ3v) is 4.72. The van der Waals surface area contributed by atoms with Gasteiger partial charge in [-0.3, -0.25) is 0 Å². The third kappa shape index (κ3) is 3.61. The molecule has 1 heteroatoms. The molecule has 0 nitrogen and oxygen atoms in total. The number of rotatable bonds is 1. The van der Waals surface area contributed by atoms with E-state index in [1.54, 1.807) is 4.40 Å². The molecule has 11 heavy (non-hydrogen) atoms. The predicted octanol–water partition coefficient (Wildman–Crippen LogP) is 1.97. The molecule has 0 aliphatic heterocycles. The van der Waals surface area contributed by atoms with Crippen molar-refractivity contribution < 1.29 is 0 Å². The zero-order valence-electron chi connectivity index (χ0n) is 7.46. The SMILES string of the molecule is C[C](C)(C)[GeH][c]1ccccc1. The zero-order chi connectivity index (χ0) is 8.32. The monoisotopic (exact) mass is 209 g/mol. The van der Waals surface area contributed by atoms with Gasteiger partial charge >= 0.3 is 75.2 Å². The van der Waals surface area contributed by atoms with Gasteiger partial charge in [-0.15, -0.1) is 0 Å². The van der Waals surface area contributed by atoms with Crippen molar-refractivity contribution in [2.75, 3.05) is 0 Å². The second-order valence-corrected chi connectivity index (χ2v) is 9.56. The minimum atomic E-state index is -0.227. The molecule has 0 heterocycles. The molecule has 0 fully saturated rings. The molecular weight excluding hydrogens is 193 g/mol. The van der Waals surface area contributed by atoms with Crippen LogP contribution < -0.4 is 4.40 Å². The van der Waals surface area contributed by atoms with Gasteiger partial charge in [0, 0.05) is 0 Å². The minimum absolute atomic E-state index is 0.227. The molecule has 0 aliphatic carbocycles. The van der Waals surface area contributed by atoms with Gasteiger partial charge in [-0.05, 0) is 0 Å². The Labute approximate surface area is 75.5 Å². The summed E-state index contributed by atoms with van der Waals surface area (Å²) in [7, 11) is 0. The van der Waals surface area contributed by atoms with Crippen molar-refractivity contribution in [1.29, 1.82) is 0 Å². The molecule has 1 radical (unpaired) electrons. The maximum absolute atomic E-state index is 2.33. The number of hydrogen-bond acceptors (Lipinski definition) is 0. The zero-order valence-corrected chi connectivity index (χ0v) is 9.89. The van der Waals surface area contributed by atoms with Crippen molar-refractivity contribution in [2.45, 2.75) is 25.0 Å².